The number of aryl methyl sites for hydroxylation is 1. The maximum atomic E-state index is 12.4. The molecule has 0 atom stereocenters. The number of nitrogens with zero attached hydrogens (tertiary/aromatic N) is 2. The molecule has 7 heteroatoms. The number of piperidine rings is 1. The van der Waals surface area contributed by atoms with Gasteiger partial charge in [-0.05, 0) is 32.9 Å². The predicted octanol–water partition coefficient (Wildman–Crippen LogP) is 3.72. The number of hydrogen-bond acceptors (Lipinski definition) is 4. The summed E-state index contributed by atoms with van der Waals surface area (Å²) in [6.07, 6.45) is 2.48. The number of nitrogens with one attached hydrogen (secondary N) is 1. The van der Waals surface area contributed by atoms with E-state index < -0.39 is 0 Å². The second-order valence-corrected chi connectivity index (χ2v) is 6.99. The van der Waals surface area contributed by atoms with E-state index in [1.165, 1.54) is 5.56 Å². The molecule has 1 aromatic heterocycles. The zero-order valence-electron chi connectivity index (χ0n) is 14.5. The lowest BCUT2D eigenvalue weighted by Gasteiger charge is -2.31. The summed E-state index contributed by atoms with van der Waals surface area (Å²) in [5.74, 6) is 0.195. The third-order valence-electron chi connectivity index (χ3n) is 4.41. The Bertz CT molecular complexity index is 684. The Labute approximate surface area is 165 Å². The van der Waals surface area contributed by atoms with E-state index in [0.717, 1.165) is 42.2 Å². The van der Waals surface area contributed by atoms with Crippen molar-refractivity contribution in [3.63, 3.8) is 0 Å². The van der Waals surface area contributed by atoms with Crippen molar-refractivity contribution in [1.82, 2.24) is 15.2 Å². The first-order valence-electron chi connectivity index (χ1n) is 8.12. The van der Waals surface area contributed by atoms with Gasteiger partial charge in [0.25, 0.3) is 0 Å². The summed E-state index contributed by atoms with van der Waals surface area (Å²) in [4.78, 5) is 19.1. The molecule has 0 spiro atoms. The standard InChI is InChI=1S/C18H23N3OS.2ClH/c1-13-4-3-5-14(10-13)18-20-16(12-23-18)11-17(22)21-8-6-15(19-2)7-9-21;;/h3-5,10,12,15,19H,6-9,11H2,1-2H3;2*1H. The Kier molecular flexibility index (Phi) is 8.86. The number of carbonyl (C=O) groups excluding carboxylic acids is 1. The lowest BCUT2D eigenvalue weighted by atomic mass is 10.0. The zero-order chi connectivity index (χ0) is 16.2. The highest BCUT2D eigenvalue weighted by Crippen LogP contribution is 2.25. The summed E-state index contributed by atoms with van der Waals surface area (Å²) in [5, 5.41) is 6.29. The number of likely N-dealkylation sites (tertiary alicyclic amines) is 1. The molecule has 4 nitrogen and oxygen atoms in total. The molecule has 0 radical (unpaired) electrons. The number of amides is 1. The summed E-state index contributed by atoms with van der Waals surface area (Å²) in [6.45, 7) is 3.77. The van der Waals surface area contributed by atoms with Gasteiger partial charge >= 0.3 is 0 Å². The summed E-state index contributed by atoms with van der Waals surface area (Å²) < 4.78 is 0. The fraction of sp³-hybridized carbons (Fsp3) is 0.444. The highest BCUT2D eigenvalue weighted by atomic mass is 35.5. The summed E-state index contributed by atoms with van der Waals surface area (Å²) in [7, 11) is 1.99. The molecule has 1 N–H and O–H groups in total. The maximum Gasteiger partial charge on any atom is 0.228 e. The van der Waals surface area contributed by atoms with E-state index in [0.29, 0.717) is 12.5 Å². The molecule has 2 heterocycles. The first-order valence-corrected chi connectivity index (χ1v) is 9.00. The van der Waals surface area contributed by atoms with Crippen LogP contribution in [0.2, 0.25) is 0 Å². The molecular weight excluding hydrogens is 377 g/mol. The predicted molar refractivity (Wildman–Crippen MR) is 109 cm³/mol. The van der Waals surface area contributed by atoms with E-state index in [1.807, 2.05) is 23.4 Å². The highest BCUT2D eigenvalue weighted by molar-refractivity contribution is 7.13. The van der Waals surface area contributed by atoms with Crippen molar-refractivity contribution >= 4 is 42.1 Å². The topological polar surface area (TPSA) is 45.2 Å². The molecule has 25 heavy (non-hydrogen) atoms. The van der Waals surface area contributed by atoms with Gasteiger partial charge in [0.05, 0.1) is 12.1 Å². The molecule has 1 aromatic carbocycles. The number of rotatable bonds is 4. The average molecular weight is 402 g/mol. The molecule has 0 aliphatic carbocycles. The summed E-state index contributed by atoms with van der Waals surface area (Å²) >= 11 is 1.61. The van der Waals surface area contributed by atoms with Crippen molar-refractivity contribution in [2.45, 2.75) is 32.2 Å². The highest BCUT2D eigenvalue weighted by Gasteiger charge is 2.22. The Morgan fingerprint density at radius 3 is 2.68 bits per heavy atom. The largest absolute Gasteiger partial charge is 0.342 e. The minimum atomic E-state index is 0. The molecule has 138 valence electrons. The fourth-order valence-corrected chi connectivity index (χ4v) is 3.80. The lowest BCUT2D eigenvalue weighted by molar-refractivity contribution is -0.131. The van der Waals surface area contributed by atoms with Crippen molar-refractivity contribution in [3.05, 3.63) is 40.9 Å². The smallest absolute Gasteiger partial charge is 0.228 e. The molecule has 0 saturated carbocycles. The second kappa shape index (κ2) is 10.1. The van der Waals surface area contributed by atoms with Crippen molar-refractivity contribution in [3.8, 4) is 10.6 Å². The van der Waals surface area contributed by atoms with Gasteiger partial charge in [0.15, 0.2) is 0 Å². The average Bonchev–Trinajstić information content (AvgIpc) is 3.03. The summed E-state index contributed by atoms with van der Waals surface area (Å²) in [6, 6.07) is 8.87. The minimum absolute atomic E-state index is 0. The second-order valence-electron chi connectivity index (χ2n) is 6.13. The first kappa shape index (κ1) is 21.9. The number of thiazole rings is 1. The molecule has 3 rings (SSSR count). The molecule has 2 aromatic rings. The molecule has 1 amide bonds. The van der Waals surface area contributed by atoms with Crippen LogP contribution in [0.1, 0.15) is 24.1 Å². The Morgan fingerprint density at radius 2 is 2.04 bits per heavy atom. The number of aromatic nitrogens is 1. The van der Waals surface area contributed by atoms with Crippen molar-refractivity contribution in [1.29, 1.82) is 0 Å². The van der Waals surface area contributed by atoms with Crippen LogP contribution in [0.15, 0.2) is 29.6 Å². The van der Waals surface area contributed by atoms with Gasteiger partial charge in [0.2, 0.25) is 5.91 Å². The van der Waals surface area contributed by atoms with Crippen molar-refractivity contribution < 1.29 is 4.79 Å². The van der Waals surface area contributed by atoms with E-state index in [9.17, 15) is 4.79 Å². The molecule has 0 unspecified atom stereocenters. The Balaban J connectivity index is 0.00000156. The van der Waals surface area contributed by atoms with Crippen LogP contribution < -0.4 is 5.32 Å². The van der Waals surface area contributed by atoms with Crippen molar-refractivity contribution in [2.24, 2.45) is 0 Å². The van der Waals surface area contributed by atoms with Crippen LogP contribution >= 0.6 is 36.2 Å². The summed E-state index contributed by atoms with van der Waals surface area (Å²) in [5.41, 5.74) is 3.23. The lowest BCUT2D eigenvalue weighted by Crippen LogP contribution is -2.44. The van der Waals surface area contributed by atoms with Gasteiger partial charge in [-0.25, -0.2) is 4.98 Å². The van der Waals surface area contributed by atoms with Crippen LogP contribution in [0.4, 0.5) is 0 Å². The quantitative estimate of drug-likeness (QED) is 0.848. The Hall–Kier alpha value is -1.14. The number of hydrogen-bond donors (Lipinski definition) is 1. The van der Waals surface area contributed by atoms with Gasteiger partial charge in [0, 0.05) is 30.1 Å². The zero-order valence-corrected chi connectivity index (χ0v) is 17.0. The molecule has 1 aliphatic rings. The number of benzene rings is 1. The van der Waals surface area contributed by atoms with Gasteiger partial charge in [-0.1, -0.05) is 23.8 Å². The third-order valence-corrected chi connectivity index (χ3v) is 5.35. The van der Waals surface area contributed by atoms with E-state index in [2.05, 4.69) is 35.4 Å². The van der Waals surface area contributed by atoms with Crippen LogP contribution in [-0.2, 0) is 11.2 Å². The van der Waals surface area contributed by atoms with Crippen LogP contribution in [0.25, 0.3) is 10.6 Å². The van der Waals surface area contributed by atoms with Crippen LogP contribution in [-0.4, -0.2) is 42.0 Å². The van der Waals surface area contributed by atoms with Crippen LogP contribution in [0.5, 0.6) is 0 Å². The molecule has 1 fully saturated rings. The fourth-order valence-electron chi connectivity index (χ4n) is 2.98. The maximum absolute atomic E-state index is 12.4. The minimum Gasteiger partial charge on any atom is -0.342 e. The van der Waals surface area contributed by atoms with Gasteiger partial charge in [-0.15, -0.1) is 36.2 Å². The molecule has 1 aliphatic heterocycles. The molecule has 1 saturated heterocycles. The monoisotopic (exact) mass is 401 g/mol. The normalized spacial score (nSPS) is 14.6. The van der Waals surface area contributed by atoms with Crippen LogP contribution in [0, 0.1) is 6.92 Å². The third kappa shape index (κ3) is 5.68. The number of carbonyl (C=O) groups is 1. The van der Waals surface area contributed by atoms with E-state index in [-0.39, 0.29) is 30.7 Å². The van der Waals surface area contributed by atoms with E-state index in [1.54, 1.807) is 11.3 Å². The number of halogens is 2. The van der Waals surface area contributed by atoms with E-state index >= 15 is 0 Å². The van der Waals surface area contributed by atoms with Gasteiger partial charge in [0.1, 0.15) is 5.01 Å². The molecule has 0 bridgehead atoms. The SMILES string of the molecule is CNC1CCN(C(=O)Cc2csc(-c3cccc(C)c3)n2)CC1.Cl.Cl. The van der Waals surface area contributed by atoms with Gasteiger partial charge in [-0.2, -0.15) is 0 Å². The van der Waals surface area contributed by atoms with E-state index in [4.69, 9.17) is 0 Å². The first-order chi connectivity index (χ1) is 11.2. The van der Waals surface area contributed by atoms with Gasteiger partial charge in [-0.3, -0.25) is 4.79 Å². The Morgan fingerprint density at radius 1 is 1.32 bits per heavy atom. The van der Waals surface area contributed by atoms with Crippen molar-refractivity contribution in [2.75, 3.05) is 20.1 Å². The molecular formula is C18H25Cl2N3OS. The van der Waals surface area contributed by atoms with Crippen LogP contribution in [0.3, 0.4) is 0 Å². The van der Waals surface area contributed by atoms with Gasteiger partial charge < -0.3 is 10.2 Å².